The summed E-state index contributed by atoms with van der Waals surface area (Å²) in [5.74, 6) is 1.87. The molecule has 160 valence electrons. The molecule has 28 heavy (non-hydrogen) atoms. The van der Waals surface area contributed by atoms with E-state index in [0.29, 0.717) is 5.96 Å². The zero-order valence-corrected chi connectivity index (χ0v) is 18.6. The Bertz CT molecular complexity index is 613. The number of nitrogens with zero attached hydrogens (tertiary/aromatic N) is 2. The van der Waals surface area contributed by atoms with Crippen molar-refractivity contribution in [3.63, 3.8) is 0 Å². The van der Waals surface area contributed by atoms with Crippen LogP contribution in [0.4, 0.5) is 18.9 Å². The monoisotopic (exact) mass is 516 g/mol. The van der Waals surface area contributed by atoms with Crippen LogP contribution in [0.25, 0.3) is 0 Å². The highest BCUT2D eigenvalue weighted by Crippen LogP contribution is 2.30. The normalized spacial score (nSPS) is 15.6. The van der Waals surface area contributed by atoms with Crippen LogP contribution in [0.15, 0.2) is 23.2 Å². The summed E-state index contributed by atoms with van der Waals surface area (Å²) >= 11 is 0. The summed E-state index contributed by atoms with van der Waals surface area (Å²) in [6.45, 7) is 1.44. The highest BCUT2D eigenvalue weighted by Gasteiger charge is 2.27. The second kappa shape index (κ2) is 11.4. The highest BCUT2D eigenvalue weighted by molar-refractivity contribution is 14.0. The Morgan fingerprint density at radius 1 is 1.14 bits per heavy atom. The highest BCUT2D eigenvalue weighted by atomic mass is 127. The number of guanidine groups is 1. The van der Waals surface area contributed by atoms with Crippen molar-refractivity contribution >= 4 is 35.6 Å². The third-order valence-electron chi connectivity index (χ3n) is 4.46. The van der Waals surface area contributed by atoms with Gasteiger partial charge in [-0.3, -0.25) is 4.99 Å². The van der Waals surface area contributed by atoms with E-state index >= 15 is 0 Å². The predicted octanol–water partition coefficient (Wildman–Crippen LogP) is 3.41. The van der Waals surface area contributed by atoms with Gasteiger partial charge in [-0.15, -0.1) is 24.0 Å². The minimum absolute atomic E-state index is 0. The number of hydrogen-bond donors (Lipinski definition) is 2. The molecule has 0 spiro atoms. The van der Waals surface area contributed by atoms with Crippen molar-refractivity contribution < 1.29 is 22.6 Å². The van der Waals surface area contributed by atoms with E-state index in [0.717, 1.165) is 43.1 Å². The van der Waals surface area contributed by atoms with Gasteiger partial charge in [-0.1, -0.05) is 0 Å². The van der Waals surface area contributed by atoms with Crippen LogP contribution >= 0.6 is 24.0 Å². The molecule has 10 heteroatoms. The summed E-state index contributed by atoms with van der Waals surface area (Å²) in [5.41, 5.74) is 1.03. The maximum atomic E-state index is 12.3. The molecular formula is C18H28F3IN4O2. The largest absolute Gasteiger partial charge is 0.497 e. The first-order valence-electron chi connectivity index (χ1n) is 8.86. The van der Waals surface area contributed by atoms with Crippen molar-refractivity contribution in [1.82, 2.24) is 10.6 Å². The maximum absolute atomic E-state index is 12.3. The van der Waals surface area contributed by atoms with Gasteiger partial charge in [0, 0.05) is 56.6 Å². The third-order valence-corrected chi connectivity index (χ3v) is 4.46. The molecule has 2 N–H and O–H groups in total. The molecule has 0 saturated carbocycles. The number of nitrogens with one attached hydrogen (secondary N) is 2. The molecule has 0 bridgehead atoms. The molecule has 1 saturated heterocycles. The fraction of sp³-hybridized carbons (Fsp3) is 0.611. The number of piperidine rings is 1. The van der Waals surface area contributed by atoms with E-state index in [-0.39, 0.29) is 36.6 Å². The molecular weight excluding hydrogens is 488 g/mol. The van der Waals surface area contributed by atoms with Crippen LogP contribution in [0.3, 0.4) is 0 Å². The van der Waals surface area contributed by atoms with Gasteiger partial charge < -0.3 is 25.0 Å². The van der Waals surface area contributed by atoms with Crippen molar-refractivity contribution in [2.45, 2.75) is 31.5 Å². The Labute approximate surface area is 180 Å². The number of methoxy groups -OCH3 is 2. The van der Waals surface area contributed by atoms with E-state index in [2.05, 4.69) is 20.5 Å². The number of ether oxygens (including phenoxy) is 2. The molecule has 1 aliphatic heterocycles. The number of halogens is 4. The predicted molar refractivity (Wildman–Crippen MR) is 115 cm³/mol. The number of anilines is 1. The van der Waals surface area contributed by atoms with Gasteiger partial charge in [-0.2, -0.15) is 13.2 Å². The Morgan fingerprint density at radius 3 is 2.18 bits per heavy atom. The van der Waals surface area contributed by atoms with E-state index in [1.165, 1.54) is 0 Å². The average Bonchev–Trinajstić information content (AvgIpc) is 2.66. The van der Waals surface area contributed by atoms with Crippen LogP contribution in [0.5, 0.6) is 11.5 Å². The van der Waals surface area contributed by atoms with Gasteiger partial charge in [0.1, 0.15) is 11.5 Å². The zero-order valence-electron chi connectivity index (χ0n) is 16.3. The maximum Gasteiger partial charge on any atom is 0.390 e. The molecule has 0 amide bonds. The second-order valence-electron chi connectivity index (χ2n) is 6.34. The summed E-state index contributed by atoms with van der Waals surface area (Å²) in [4.78, 5) is 6.24. The lowest BCUT2D eigenvalue weighted by atomic mass is 10.0. The van der Waals surface area contributed by atoms with Crippen molar-refractivity contribution in [1.29, 1.82) is 0 Å². The first-order valence-corrected chi connectivity index (χ1v) is 8.86. The van der Waals surface area contributed by atoms with Crippen LogP contribution in [0.2, 0.25) is 0 Å². The molecule has 0 aliphatic carbocycles. The molecule has 0 radical (unpaired) electrons. The minimum Gasteiger partial charge on any atom is -0.497 e. The molecule has 1 aromatic rings. The van der Waals surface area contributed by atoms with Crippen LogP contribution in [-0.4, -0.2) is 59.1 Å². The molecule has 1 aromatic carbocycles. The van der Waals surface area contributed by atoms with Gasteiger partial charge >= 0.3 is 6.18 Å². The number of aliphatic imine (C=N–C) groups is 1. The van der Waals surface area contributed by atoms with E-state index < -0.39 is 12.6 Å². The van der Waals surface area contributed by atoms with E-state index in [9.17, 15) is 13.2 Å². The quantitative estimate of drug-likeness (QED) is 0.345. The zero-order chi connectivity index (χ0) is 19.9. The fourth-order valence-electron chi connectivity index (χ4n) is 2.97. The average molecular weight is 516 g/mol. The van der Waals surface area contributed by atoms with Crippen molar-refractivity contribution in [2.24, 2.45) is 4.99 Å². The van der Waals surface area contributed by atoms with Gasteiger partial charge in [-0.25, -0.2) is 0 Å². The number of benzene rings is 1. The molecule has 1 aliphatic rings. The van der Waals surface area contributed by atoms with Gasteiger partial charge in [-0.05, 0) is 12.8 Å². The van der Waals surface area contributed by atoms with Crippen molar-refractivity contribution in [2.75, 3.05) is 45.8 Å². The summed E-state index contributed by atoms with van der Waals surface area (Å²) in [6.07, 6.45) is -3.36. The van der Waals surface area contributed by atoms with Crippen LogP contribution in [0, 0.1) is 0 Å². The lowest BCUT2D eigenvalue weighted by Gasteiger charge is -2.34. The first kappa shape index (κ1) is 24.4. The summed E-state index contributed by atoms with van der Waals surface area (Å²) < 4.78 is 47.4. The minimum atomic E-state index is -4.17. The smallest absolute Gasteiger partial charge is 0.390 e. The van der Waals surface area contributed by atoms with Crippen LogP contribution < -0.4 is 25.0 Å². The second-order valence-corrected chi connectivity index (χ2v) is 6.34. The Kier molecular flexibility index (Phi) is 9.97. The van der Waals surface area contributed by atoms with E-state index in [4.69, 9.17) is 9.47 Å². The molecule has 2 rings (SSSR count). The summed E-state index contributed by atoms with van der Waals surface area (Å²) in [7, 11) is 4.79. The molecule has 1 fully saturated rings. The molecule has 0 aromatic heterocycles. The van der Waals surface area contributed by atoms with Crippen LogP contribution in [0.1, 0.15) is 19.3 Å². The topological polar surface area (TPSA) is 58.1 Å². The Balaban J connectivity index is 0.00000392. The summed E-state index contributed by atoms with van der Waals surface area (Å²) in [5, 5.41) is 5.92. The van der Waals surface area contributed by atoms with Gasteiger partial charge in [0.25, 0.3) is 0 Å². The molecule has 0 atom stereocenters. The Hall–Kier alpha value is -1.59. The Morgan fingerprint density at radius 2 is 1.71 bits per heavy atom. The van der Waals surface area contributed by atoms with Crippen molar-refractivity contribution in [3.05, 3.63) is 18.2 Å². The van der Waals surface area contributed by atoms with E-state index in [1.54, 1.807) is 21.3 Å². The number of hydrogen-bond acceptors (Lipinski definition) is 4. The van der Waals surface area contributed by atoms with Crippen LogP contribution in [-0.2, 0) is 0 Å². The van der Waals surface area contributed by atoms with E-state index in [1.807, 2.05) is 18.2 Å². The van der Waals surface area contributed by atoms with Gasteiger partial charge in [0.05, 0.1) is 20.6 Å². The first-order chi connectivity index (χ1) is 12.8. The third kappa shape index (κ3) is 7.80. The fourth-order valence-corrected chi connectivity index (χ4v) is 2.97. The standard InChI is InChI=1S/C18H27F3N4O2.HI/c1-22-17(23-7-6-18(19,20)21)24-13-4-8-25(9-5-13)14-10-15(26-2)12-16(11-14)27-3;/h10-13H,4-9H2,1-3H3,(H2,22,23,24);1H. The molecule has 1 heterocycles. The number of alkyl halides is 3. The van der Waals surface area contributed by atoms with Gasteiger partial charge in [0.2, 0.25) is 0 Å². The van der Waals surface area contributed by atoms with Gasteiger partial charge in [0.15, 0.2) is 5.96 Å². The lowest BCUT2D eigenvalue weighted by molar-refractivity contribution is -0.132. The number of rotatable bonds is 6. The van der Waals surface area contributed by atoms with Crippen molar-refractivity contribution in [3.8, 4) is 11.5 Å². The lowest BCUT2D eigenvalue weighted by Crippen LogP contribution is -2.49. The summed E-state index contributed by atoms with van der Waals surface area (Å²) in [6, 6.07) is 5.92. The SMILES string of the molecule is CN=C(NCCC(F)(F)F)NC1CCN(c2cc(OC)cc(OC)c2)CC1.I. The molecule has 0 unspecified atom stereocenters. The molecule has 6 nitrogen and oxygen atoms in total.